The van der Waals surface area contributed by atoms with Crippen molar-refractivity contribution in [3.8, 4) is 0 Å². The van der Waals surface area contributed by atoms with E-state index in [9.17, 15) is 19.4 Å². The molecule has 0 aliphatic heterocycles. The van der Waals surface area contributed by atoms with Gasteiger partial charge in [0.1, 0.15) is 13.2 Å². The summed E-state index contributed by atoms with van der Waals surface area (Å²) in [6, 6.07) is -0.883. The first-order chi connectivity index (χ1) is 34.0. The number of phosphoric acid groups is 1. The van der Waals surface area contributed by atoms with Crippen LogP contribution in [0.2, 0.25) is 0 Å². The highest BCUT2D eigenvalue weighted by Crippen LogP contribution is 2.38. The minimum Gasteiger partial charge on any atom is -0.756 e. The van der Waals surface area contributed by atoms with Crippen LogP contribution in [-0.4, -0.2) is 68.5 Å². The van der Waals surface area contributed by atoms with Crippen molar-refractivity contribution < 1.29 is 32.9 Å². The summed E-state index contributed by atoms with van der Waals surface area (Å²) in [7, 11) is 1.26. The molecule has 2 N–H and O–H groups in total. The number of aliphatic hydroxyl groups is 1. The average molecular weight is 1000 g/mol. The predicted molar refractivity (Wildman–Crippen MR) is 302 cm³/mol. The first kappa shape index (κ1) is 67.9. The Morgan fingerprint density at radius 3 is 1.27 bits per heavy atom. The summed E-state index contributed by atoms with van der Waals surface area (Å²) in [4.78, 5) is 25.3. The second-order valence-electron chi connectivity index (χ2n) is 21.0. The van der Waals surface area contributed by atoms with Crippen LogP contribution < -0.4 is 10.2 Å². The number of hydrogen-bond donors (Lipinski definition) is 2. The molecule has 408 valence electrons. The Hall–Kier alpha value is -2.06. The molecule has 0 saturated carbocycles. The Morgan fingerprint density at radius 1 is 0.514 bits per heavy atom. The lowest BCUT2D eigenvalue weighted by Gasteiger charge is -2.29. The lowest BCUT2D eigenvalue weighted by atomic mass is 10.0. The van der Waals surface area contributed by atoms with Crippen molar-refractivity contribution in [3.05, 3.63) is 72.9 Å². The highest BCUT2D eigenvalue weighted by Gasteiger charge is 2.23. The van der Waals surface area contributed by atoms with Crippen molar-refractivity contribution in [3.63, 3.8) is 0 Å². The second-order valence-corrected chi connectivity index (χ2v) is 22.4. The van der Waals surface area contributed by atoms with Crippen LogP contribution in [0.25, 0.3) is 0 Å². The third-order valence-corrected chi connectivity index (χ3v) is 13.9. The van der Waals surface area contributed by atoms with Gasteiger partial charge in [-0.05, 0) is 64.2 Å². The number of nitrogens with one attached hydrogen (secondary N) is 1. The zero-order valence-electron chi connectivity index (χ0n) is 46.5. The molecule has 0 radical (unpaired) electrons. The van der Waals surface area contributed by atoms with Crippen LogP contribution in [0, 0.1) is 0 Å². The maximum Gasteiger partial charge on any atom is 0.268 e. The Labute approximate surface area is 434 Å². The third-order valence-electron chi connectivity index (χ3n) is 12.9. The molecule has 1 amide bonds. The Bertz CT molecular complexity index is 1370. The standard InChI is InChI=1S/C61H113N2O6P/c1-6-8-10-12-14-15-16-17-18-19-20-21-22-23-24-25-26-27-28-29-30-31-32-33-34-35-36-37-38-39-40-41-42-43-44-45-46-47-49-51-53-55-61(65)62-59(60(64)54-52-50-48-13-11-9-7-2)58-69-70(66,67)68-57-56-63(3,4)5/h8,10,14-15,17-18,20-21,23-24,52,54,59-60,64H,6-7,9,11-13,16,19,22,25-51,53,55-58H2,1-5H3,(H-,62,65,66,67)/b10-8-,15-14-,18-17-,21-20-,24-23-,54-52+. The van der Waals surface area contributed by atoms with E-state index in [4.69, 9.17) is 9.05 Å². The van der Waals surface area contributed by atoms with Gasteiger partial charge in [0.25, 0.3) is 7.82 Å². The lowest BCUT2D eigenvalue weighted by Crippen LogP contribution is -2.45. The van der Waals surface area contributed by atoms with Gasteiger partial charge < -0.3 is 28.8 Å². The molecule has 3 unspecified atom stereocenters. The van der Waals surface area contributed by atoms with Crippen molar-refractivity contribution in [2.24, 2.45) is 0 Å². The monoisotopic (exact) mass is 1000 g/mol. The van der Waals surface area contributed by atoms with Crippen molar-refractivity contribution in [2.75, 3.05) is 40.9 Å². The molecular formula is C61H113N2O6P. The average Bonchev–Trinajstić information content (AvgIpc) is 3.32. The largest absolute Gasteiger partial charge is 0.756 e. The van der Waals surface area contributed by atoms with E-state index >= 15 is 0 Å². The van der Waals surface area contributed by atoms with E-state index in [1.807, 2.05) is 27.2 Å². The van der Waals surface area contributed by atoms with E-state index in [0.717, 1.165) is 70.6 Å². The normalized spacial score (nSPS) is 14.4. The fourth-order valence-electron chi connectivity index (χ4n) is 8.36. The van der Waals surface area contributed by atoms with Gasteiger partial charge in [0, 0.05) is 6.42 Å². The number of unbranched alkanes of at least 4 members (excludes halogenated alkanes) is 30. The number of carbonyl (C=O) groups excluding carboxylic acids is 1. The third kappa shape index (κ3) is 53.7. The number of carbonyl (C=O) groups is 1. The molecule has 0 aliphatic rings. The van der Waals surface area contributed by atoms with Gasteiger partial charge in [-0.1, -0.05) is 260 Å². The molecule has 0 spiro atoms. The van der Waals surface area contributed by atoms with E-state index in [2.05, 4.69) is 79.9 Å². The molecule has 8 nitrogen and oxygen atoms in total. The van der Waals surface area contributed by atoms with Gasteiger partial charge in [0.15, 0.2) is 0 Å². The van der Waals surface area contributed by atoms with Crippen LogP contribution in [0.1, 0.15) is 258 Å². The topological polar surface area (TPSA) is 108 Å². The van der Waals surface area contributed by atoms with Gasteiger partial charge in [-0.2, -0.15) is 0 Å². The Kier molecular flexibility index (Phi) is 50.3. The van der Waals surface area contributed by atoms with Crippen LogP contribution in [0.15, 0.2) is 72.9 Å². The molecular weight excluding hydrogens is 888 g/mol. The lowest BCUT2D eigenvalue weighted by molar-refractivity contribution is -0.870. The molecule has 70 heavy (non-hydrogen) atoms. The van der Waals surface area contributed by atoms with Crippen molar-refractivity contribution in [1.29, 1.82) is 0 Å². The Balaban J connectivity index is 3.74. The zero-order chi connectivity index (χ0) is 51.3. The molecule has 0 heterocycles. The molecule has 0 aromatic rings. The van der Waals surface area contributed by atoms with E-state index in [-0.39, 0.29) is 19.1 Å². The van der Waals surface area contributed by atoms with Crippen LogP contribution in [0.3, 0.4) is 0 Å². The van der Waals surface area contributed by atoms with E-state index in [0.29, 0.717) is 17.4 Å². The van der Waals surface area contributed by atoms with Gasteiger partial charge in [-0.3, -0.25) is 9.36 Å². The molecule has 3 atom stereocenters. The van der Waals surface area contributed by atoms with E-state index in [1.54, 1.807) is 6.08 Å². The highest BCUT2D eigenvalue weighted by atomic mass is 31.2. The summed E-state index contributed by atoms with van der Waals surface area (Å²) in [5, 5.41) is 13.7. The molecule has 0 aromatic heterocycles. The van der Waals surface area contributed by atoms with E-state index in [1.165, 1.54) is 167 Å². The highest BCUT2D eigenvalue weighted by molar-refractivity contribution is 7.45. The molecule has 0 rings (SSSR count). The zero-order valence-corrected chi connectivity index (χ0v) is 47.4. The summed E-state index contributed by atoms with van der Waals surface area (Å²) in [6.45, 7) is 4.48. The quantitative estimate of drug-likeness (QED) is 0.0272. The number of amides is 1. The number of nitrogens with zero attached hydrogens (tertiary/aromatic N) is 1. The van der Waals surface area contributed by atoms with Gasteiger partial charge >= 0.3 is 0 Å². The van der Waals surface area contributed by atoms with Crippen LogP contribution in [-0.2, 0) is 18.4 Å². The number of phosphoric ester groups is 1. The molecule has 0 aliphatic carbocycles. The number of aliphatic hydroxyl groups excluding tert-OH is 1. The SMILES string of the molecule is CC/C=C\C/C=C\C/C=C\C/C=C\C/C=C\CCCCCCCCCCCCCCCCCCCCCCCCCCCC(=O)NC(COP(=O)([O-])OCC[N+](C)(C)C)C(O)/C=C/CCCCCCC. The number of allylic oxidation sites excluding steroid dienone is 11. The van der Waals surface area contributed by atoms with Crippen LogP contribution in [0.4, 0.5) is 0 Å². The molecule has 0 fully saturated rings. The summed E-state index contributed by atoms with van der Waals surface area (Å²) in [5.74, 6) is -0.199. The van der Waals surface area contributed by atoms with Crippen molar-refractivity contribution in [1.82, 2.24) is 5.32 Å². The number of rotatable bonds is 53. The van der Waals surface area contributed by atoms with Gasteiger partial charge in [-0.25, -0.2) is 0 Å². The minimum absolute atomic E-state index is 0.00127. The summed E-state index contributed by atoms with van der Waals surface area (Å²) >= 11 is 0. The number of quaternary nitrogens is 1. The van der Waals surface area contributed by atoms with Crippen LogP contribution in [0.5, 0.6) is 0 Å². The molecule has 0 bridgehead atoms. The first-order valence-electron chi connectivity index (χ1n) is 29.3. The summed E-state index contributed by atoms with van der Waals surface area (Å²) in [5.41, 5.74) is 0. The number of likely N-dealkylation sites (N-methyl/N-ethyl adjacent to an activating group) is 1. The number of hydrogen-bond acceptors (Lipinski definition) is 6. The maximum atomic E-state index is 12.9. The van der Waals surface area contributed by atoms with Gasteiger partial charge in [0.2, 0.25) is 5.91 Å². The fourth-order valence-corrected chi connectivity index (χ4v) is 9.08. The second kappa shape index (κ2) is 51.8. The summed E-state index contributed by atoms with van der Waals surface area (Å²) < 4.78 is 23.1. The fraction of sp³-hybridized carbons (Fsp3) is 0.787. The smallest absolute Gasteiger partial charge is 0.268 e. The summed E-state index contributed by atoms with van der Waals surface area (Å²) in [6.07, 6.45) is 71.9. The van der Waals surface area contributed by atoms with Crippen LogP contribution >= 0.6 is 7.82 Å². The molecule has 0 saturated heterocycles. The first-order valence-corrected chi connectivity index (χ1v) is 30.8. The predicted octanol–water partition coefficient (Wildman–Crippen LogP) is 17.2. The van der Waals surface area contributed by atoms with E-state index < -0.39 is 20.0 Å². The Morgan fingerprint density at radius 2 is 0.871 bits per heavy atom. The van der Waals surface area contributed by atoms with Gasteiger partial charge in [0.05, 0.1) is 39.9 Å². The van der Waals surface area contributed by atoms with Crippen molar-refractivity contribution >= 4 is 13.7 Å². The minimum atomic E-state index is -4.58. The molecule has 9 heteroatoms. The maximum absolute atomic E-state index is 12.9. The van der Waals surface area contributed by atoms with Gasteiger partial charge in [-0.15, -0.1) is 0 Å². The van der Waals surface area contributed by atoms with Crippen molar-refractivity contribution in [2.45, 2.75) is 270 Å². The molecule has 0 aromatic carbocycles.